The van der Waals surface area contributed by atoms with E-state index in [-0.39, 0.29) is 5.56 Å². The molecule has 3 aromatic heterocycles. The zero-order valence-corrected chi connectivity index (χ0v) is 12.5. The Labute approximate surface area is 124 Å². The highest BCUT2D eigenvalue weighted by atomic mass is 32.1. The molecular weight excluding hydrogens is 282 g/mol. The van der Waals surface area contributed by atoms with Crippen LogP contribution in [-0.4, -0.2) is 14.8 Å². The molecule has 3 heterocycles. The number of pyridine rings is 1. The van der Waals surface area contributed by atoms with E-state index >= 15 is 0 Å². The number of fused-ring (bicyclic) bond motifs is 3. The van der Waals surface area contributed by atoms with Crippen molar-refractivity contribution in [3.05, 3.63) is 56.6 Å². The van der Waals surface area contributed by atoms with Crippen LogP contribution in [0.4, 0.5) is 0 Å². The highest BCUT2D eigenvalue weighted by molar-refractivity contribution is 7.10. The molecule has 0 saturated heterocycles. The van der Waals surface area contributed by atoms with Gasteiger partial charge in [-0.15, -0.1) is 11.3 Å². The van der Waals surface area contributed by atoms with Gasteiger partial charge in [-0.05, 0) is 32.0 Å². The fourth-order valence-electron chi connectivity index (χ4n) is 2.60. The molecule has 0 amide bonds. The summed E-state index contributed by atoms with van der Waals surface area (Å²) in [5.41, 5.74) is 3.70. The molecule has 4 aromatic rings. The van der Waals surface area contributed by atoms with Crippen molar-refractivity contribution >= 4 is 33.1 Å². The monoisotopic (exact) mass is 295 g/mol. The van der Waals surface area contributed by atoms with Gasteiger partial charge in [-0.25, -0.2) is 4.68 Å². The third-order valence-corrected chi connectivity index (χ3v) is 4.50. The average Bonchev–Trinajstić information content (AvgIpc) is 3.03. The number of thiophene rings is 1. The highest BCUT2D eigenvalue weighted by Gasteiger charge is 2.12. The molecule has 0 saturated carbocycles. The molecule has 0 aliphatic carbocycles. The van der Waals surface area contributed by atoms with Crippen LogP contribution >= 0.6 is 11.3 Å². The Morgan fingerprint density at radius 3 is 2.81 bits per heavy atom. The Bertz CT molecular complexity index is 1040. The maximum absolute atomic E-state index is 12.6. The maximum atomic E-state index is 12.6. The van der Waals surface area contributed by atoms with E-state index in [1.807, 2.05) is 37.4 Å². The number of aryl methyl sites for hydroxylation is 2. The van der Waals surface area contributed by atoms with Crippen molar-refractivity contribution in [3.63, 3.8) is 0 Å². The Balaban J connectivity index is 2.12. The molecule has 4 rings (SSSR count). The number of H-pyrrole nitrogens is 1. The molecule has 104 valence electrons. The van der Waals surface area contributed by atoms with Gasteiger partial charge < -0.3 is 0 Å². The van der Waals surface area contributed by atoms with Gasteiger partial charge in [-0.3, -0.25) is 14.9 Å². The van der Waals surface area contributed by atoms with Crippen LogP contribution < -0.4 is 5.56 Å². The first-order valence-corrected chi connectivity index (χ1v) is 7.57. The van der Waals surface area contributed by atoms with Crippen molar-refractivity contribution in [2.24, 2.45) is 0 Å². The summed E-state index contributed by atoms with van der Waals surface area (Å²) in [6, 6.07) is 8.07. The molecule has 1 aromatic carbocycles. The van der Waals surface area contributed by atoms with Crippen LogP contribution in [0, 0.1) is 13.8 Å². The molecule has 0 spiro atoms. The number of aromatic nitrogens is 3. The molecule has 0 unspecified atom stereocenters. The van der Waals surface area contributed by atoms with E-state index < -0.39 is 0 Å². The lowest BCUT2D eigenvalue weighted by Crippen LogP contribution is -2.13. The Morgan fingerprint density at radius 2 is 2.05 bits per heavy atom. The Kier molecular flexibility index (Phi) is 2.53. The third kappa shape index (κ3) is 1.81. The number of rotatable bonds is 1. The van der Waals surface area contributed by atoms with Crippen LogP contribution in [0.3, 0.4) is 0 Å². The van der Waals surface area contributed by atoms with Gasteiger partial charge in [-0.1, -0.05) is 11.6 Å². The summed E-state index contributed by atoms with van der Waals surface area (Å²) in [4.78, 5) is 18.1. The zero-order valence-electron chi connectivity index (χ0n) is 11.7. The van der Waals surface area contributed by atoms with Gasteiger partial charge in [0.1, 0.15) is 0 Å². The number of hydrogen-bond acceptors (Lipinski definition) is 3. The minimum absolute atomic E-state index is 0.0568. The minimum Gasteiger partial charge on any atom is -0.290 e. The van der Waals surface area contributed by atoms with Gasteiger partial charge in [-0.2, -0.15) is 0 Å². The second-order valence-electron chi connectivity index (χ2n) is 5.24. The Hall–Kier alpha value is -2.40. The van der Waals surface area contributed by atoms with Gasteiger partial charge in [0.2, 0.25) is 0 Å². The first kappa shape index (κ1) is 12.3. The molecule has 0 atom stereocenters. The minimum atomic E-state index is -0.0568. The summed E-state index contributed by atoms with van der Waals surface area (Å²) < 4.78 is 1.59. The molecule has 21 heavy (non-hydrogen) atoms. The first-order chi connectivity index (χ1) is 10.1. The molecule has 0 radical (unpaired) electrons. The van der Waals surface area contributed by atoms with Crippen molar-refractivity contribution in [2.45, 2.75) is 13.8 Å². The molecular formula is C16H13N3OS. The van der Waals surface area contributed by atoms with Crippen LogP contribution in [0.15, 0.2) is 40.6 Å². The van der Waals surface area contributed by atoms with Crippen molar-refractivity contribution in [1.82, 2.24) is 14.8 Å². The van der Waals surface area contributed by atoms with Crippen LogP contribution in [0.1, 0.15) is 10.4 Å². The lowest BCUT2D eigenvalue weighted by molar-refractivity contribution is 0.868. The Morgan fingerprint density at radius 1 is 1.19 bits per heavy atom. The largest absolute Gasteiger partial charge is 0.290 e. The first-order valence-electron chi connectivity index (χ1n) is 6.69. The summed E-state index contributed by atoms with van der Waals surface area (Å²) in [7, 11) is 0. The topological polar surface area (TPSA) is 50.7 Å². The molecule has 5 heteroatoms. The quantitative estimate of drug-likeness (QED) is 0.584. The summed E-state index contributed by atoms with van der Waals surface area (Å²) in [5, 5.41) is 6.82. The fraction of sp³-hybridized carbons (Fsp3) is 0.125. The van der Waals surface area contributed by atoms with Crippen molar-refractivity contribution < 1.29 is 0 Å². The van der Waals surface area contributed by atoms with E-state index in [4.69, 9.17) is 0 Å². The van der Waals surface area contributed by atoms with Crippen LogP contribution in [0.5, 0.6) is 0 Å². The molecule has 4 nitrogen and oxygen atoms in total. The number of nitrogens with one attached hydrogen (secondary N) is 1. The lowest BCUT2D eigenvalue weighted by atomic mass is 10.1. The molecule has 1 N–H and O–H groups in total. The van der Waals surface area contributed by atoms with E-state index in [1.54, 1.807) is 22.2 Å². The van der Waals surface area contributed by atoms with Crippen LogP contribution in [0.25, 0.3) is 27.5 Å². The average molecular weight is 295 g/mol. The second kappa shape index (κ2) is 4.30. The van der Waals surface area contributed by atoms with E-state index in [2.05, 4.69) is 16.1 Å². The van der Waals surface area contributed by atoms with Gasteiger partial charge >= 0.3 is 0 Å². The SMILES string of the molecule is Cc1ccc2ncc3c(=O)n(-c4csc(C)c4)[nH]c3c2c1. The van der Waals surface area contributed by atoms with Gasteiger partial charge in [0.05, 0.1) is 22.1 Å². The smallest absolute Gasteiger partial charge is 0.280 e. The summed E-state index contributed by atoms with van der Waals surface area (Å²) in [6.07, 6.45) is 1.65. The van der Waals surface area contributed by atoms with E-state index in [9.17, 15) is 4.79 Å². The molecule has 0 fully saturated rings. The van der Waals surface area contributed by atoms with Gasteiger partial charge in [0.25, 0.3) is 5.56 Å². The number of nitrogens with zero attached hydrogens (tertiary/aromatic N) is 2. The predicted molar refractivity (Wildman–Crippen MR) is 86.5 cm³/mol. The zero-order chi connectivity index (χ0) is 14.6. The third-order valence-electron chi connectivity index (χ3n) is 3.66. The summed E-state index contributed by atoms with van der Waals surface area (Å²) in [5.74, 6) is 0. The summed E-state index contributed by atoms with van der Waals surface area (Å²) >= 11 is 1.63. The van der Waals surface area contributed by atoms with E-state index in [0.717, 1.165) is 27.7 Å². The number of benzene rings is 1. The standard InChI is InChI=1S/C16H13N3OS/c1-9-3-4-14-12(5-9)15-13(7-17-14)16(20)19(18-15)11-6-10(2)21-8-11/h3-8,18H,1-2H3. The normalized spacial score (nSPS) is 11.5. The van der Waals surface area contributed by atoms with Gasteiger partial charge in [0, 0.05) is 21.8 Å². The highest BCUT2D eigenvalue weighted by Crippen LogP contribution is 2.23. The molecule has 0 aliphatic rings. The van der Waals surface area contributed by atoms with E-state index in [1.165, 1.54) is 4.88 Å². The van der Waals surface area contributed by atoms with Crippen LogP contribution in [0.2, 0.25) is 0 Å². The van der Waals surface area contributed by atoms with Crippen molar-refractivity contribution in [2.75, 3.05) is 0 Å². The molecule has 0 aliphatic heterocycles. The van der Waals surface area contributed by atoms with Crippen LogP contribution in [-0.2, 0) is 0 Å². The van der Waals surface area contributed by atoms with Crippen molar-refractivity contribution in [3.8, 4) is 5.69 Å². The lowest BCUT2D eigenvalue weighted by Gasteiger charge is -1.99. The van der Waals surface area contributed by atoms with E-state index in [0.29, 0.717) is 5.39 Å². The number of aromatic amines is 1. The fourth-order valence-corrected chi connectivity index (χ4v) is 3.27. The number of hydrogen-bond donors (Lipinski definition) is 1. The second-order valence-corrected chi connectivity index (χ2v) is 6.35. The summed E-state index contributed by atoms with van der Waals surface area (Å²) in [6.45, 7) is 4.07. The molecule has 0 bridgehead atoms. The predicted octanol–water partition coefficient (Wildman–Crippen LogP) is 3.55. The van der Waals surface area contributed by atoms with Gasteiger partial charge in [0.15, 0.2) is 0 Å². The van der Waals surface area contributed by atoms with Crippen molar-refractivity contribution in [1.29, 1.82) is 0 Å². The maximum Gasteiger partial charge on any atom is 0.280 e.